The second kappa shape index (κ2) is 14.7. The van der Waals surface area contributed by atoms with Crippen LogP contribution in [0.1, 0.15) is 11.1 Å². The van der Waals surface area contributed by atoms with E-state index < -0.39 is 17.5 Å². The maximum Gasteiger partial charge on any atom is 0.347 e. The van der Waals surface area contributed by atoms with E-state index >= 15 is 0 Å². The Labute approximate surface area is 295 Å². The fourth-order valence-corrected chi connectivity index (χ4v) is 5.33. The first-order valence-electron chi connectivity index (χ1n) is 16.2. The number of para-hydroxylation sites is 2. The van der Waals surface area contributed by atoms with Gasteiger partial charge in [-0.3, -0.25) is 0 Å². The van der Waals surface area contributed by atoms with Crippen LogP contribution in [0.4, 0.5) is 5.69 Å². The van der Waals surface area contributed by atoms with Gasteiger partial charge in [0.1, 0.15) is 50.7 Å². The van der Waals surface area contributed by atoms with Crippen LogP contribution < -0.4 is 5.32 Å². The van der Waals surface area contributed by atoms with Crippen molar-refractivity contribution in [3.8, 4) is 28.6 Å². The molecule has 7 rings (SSSR count). The first kappa shape index (κ1) is 33.3. The minimum atomic E-state index is -0.948. The molecule has 14 heteroatoms. The Morgan fingerprint density at radius 3 is 1.44 bits per heavy atom. The van der Waals surface area contributed by atoms with Crippen molar-refractivity contribution in [2.45, 2.75) is 12.8 Å². The van der Waals surface area contributed by atoms with Crippen molar-refractivity contribution in [2.75, 3.05) is 18.5 Å². The van der Waals surface area contributed by atoms with E-state index in [-0.39, 0.29) is 49.0 Å². The van der Waals surface area contributed by atoms with Crippen LogP contribution in [0.25, 0.3) is 33.4 Å². The molecule has 0 fully saturated rings. The molecule has 0 radical (unpaired) electrons. The molecule has 0 amide bonds. The van der Waals surface area contributed by atoms with E-state index in [1.807, 2.05) is 48.5 Å². The van der Waals surface area contributed by atoms with E-state index in [0.717, 1.165) is 6.20 Å². The van der Waals surface area contributed by atoms with Crippen LogP contribution in [0.3, 0.4) is 0 Å². The number of anilines is 1. The lowest BCUT2D eigenvalue weighted by atomic mass is 10.1. The van der Waals surface area contributed by atoms with Crippen molar-refractivity contribution >= 4 is 39.7 Å². The molecule has 260 valence electrons. The number of carbonyl (C=O) groups excluding carboxylic acids is 2. The molecule has 0 aliphatic carbocycles. The fraction of sp³-hybridized carbons (Fsp3) is 0.105. The lowest BCUT2D eigenvalue weighted by Gasteiger charge is -2.11. The van der Waals surface area contributed by atoms with Crippen LogP contribution in [-0.4, -0.2) is 70.5 Å². The highest BCUT2D eigenvalue weighted by Crippen LogP contribution is 2.26. The molecular weight excluding hydrogens is 666 g/mol. The highest BCUT2D eigenvalue weighted by atomic mass is 16.6. The molecule has 0 spiro atoms. The van der Waals surface area contributed by atoms with Gasteiger partial charge in [-0.15, -0.1) is 30.0 Å². The highest BCUT2D eigenvalue weighted by Gasteiger charge is 2.22. The van der Waals surface area contributed by atoms with Gasteiger partial charge < -0.3 is 30.1 Å². The zero-order chi connectivity index (χ0) is 36.0. The summed E-state index contributed by atoms with van der Waals surface area (Å²) in [5.74, 6) is -2.05. The van der Waals surface area contributed by atoms with Gasteiger partial charge in [0, 0.05) is 19.0 Å². The number of aromatic hydroxyl groups is 3. The van der Waals surface area contributed by atoms with Crippen molar-refractivity contribution in [1.82, 2.24) is 30.0 Å². The molecule has 14 nitrogen and oxygen atoms in total. The maximum atomic E-state index is 13.3. The fourth-order valence-electron chi connectivity index (χ4n) is 5.33. The summed E-state index contributed by atoms with van der Waals surface area (Å²) in [6.07, 6.45) is 1.62. The average molecular weight is 698 g/mol. The topological polar surface area (TPSA) is 187 Å². The Hall–Kier alpha value is -7.22. The van der Waals surface area contributed by atoms with Crippen molar-refractivity contribution in [3.05, 3.63) is 132 Å². The molecule has 0 bridgehead atoms. The summed E-state index contributed by atoms with van der Waals surface area (Å²) in [7, 11) is 0. The van der Waals surface area contributed by atoms with Gasteiger partial charge in [0.15, 0.2) is 5.57 Å². The number of hydrogen-bond acceptors (Lipinski definition) is 12. The second-order valence-corrected chi connectivity index (χ2v) is 11.6. The van der Waals surface area contributed by atoms with Gasteiger partial charge in [-0.1, -0.05) is 48.5 Å². The van der Waals surface area contributed by atoms with Crippen molar-refractivity contribution in [3.63, 3.8) is 0 Å². The number of rotatable bonds is 12. The first-order valence-corrected chi connectivity index (χ1v) is 16.2. The van der Waals surface area contributed by atoms with E-state index in [1.54, 1.807) is 42.5 Å². The van der Waals surface area contributed by atoms with Crippen LogP contribution in [0.2, 0.25) is 0 Å². The second-order valence-electron chi connectivity index (χ2n) is 11.6. The van der Waals surface area contributed by atoms with Crippen LogP contribution in [0.15, 0.2) is 121 Å². The third-order valence-corrected chi connectivity index (χ3v) is 8.05. The molecule has 52 heavy (non-hydrogen) atoms. The minimum absolute atomic E-state index is 0.0283. The number of aromatic nitrogens is 6. The zero-order valence-electron chi connectivity index (χ0n) is 27.5. The summed E-state index contributed by atoms with van der Waals surface area (Å²) in [4.78, 5) is 29.2. The van der Waals surface area contributed by atoms with Crippen molar-refractivity contribution < 1.29 is 34.4 Å². The largest absolute Gasteiger partial charge is 0.506 e. The first-order chi connectivity index (χ1) is 25.3. The quantitative estimate of drug-likeness (QED) is 0.0434. The predicted molar refractivity (Wildman–Crippen MR) is 190 cm³/mol. The molecule has 5 aromatic carbocycles. The maximum absolute atomic E-state index is 13.3. The Balaban J connectivity index is 1.02. The Morgan fingerprint density at radius 2 is 1.00 bits per heavy atom. The SMILES string of the molecule is O=C(OCCc1ccc(O)c(-n2nc3ccccc3n2)c1)C(=CNc1ccccc1O)C(=O)OCCc1ccc(O)c(-n2nc3ccccc3n2)c1. The molecule has 2 heterocycles. The number of ether oxygens (including phenoxy) is 2. The third kappa shape index (κ3) is 7.35. The average Bonchev–Trinajstić information content (AvgIpc) is 3.79. The number of esters is 2. The summed E-state index contributed by atoms with van der Waals surface area (Å²) in [6, 6.07) is 30.7. The summed E-state index contributed by atoms with van der Waals surface area (Å²) in [5, 5.41) is 51.6. The number of fused-ring (bicyclic) bond motifs is 2. The monoisotopic (exact) mass is 697 g/mol. The molecule has 2 aromatic heterocycles. The number of nitrogens with zero attached hydrogens (tertiary/aromatic N) is 6. The molecule has 0 unspecified atom stereocenters. The molecule has 0 aliphatic rings. The molecule has 0 saturated carbocycles. The van der Waals surface area contributed by atoms with E-state index in [4.69, 9.17) is 9.47 Å². The Bertz CT molecular complexity index is 2240. The standard InChI is InChI=1S/C38H31N7O7/c46-34-12-6-5-11-31(34)39-23-26(37(49)51-19-17-24-13-15-35(47)32(21-24)44-40-27-7-1-2-8-28(27)41-44)38(50)52-20-18-25-14-16-36(48)33(22-25)45-42-29-9-3-4-10-30(29)43-45/h1-16,21-23,39,46-48H,17-20H2. The van der Waals surface area contributed by atoms with Crippen molar-refractivity contribution in [1.29, 1.82) is 0 Å². The van der Waals surface area contributed by atoms with Gasteiger partial charge in [0.25, 0.3) is 0 Å². The summed E-state index contributed by atoms with van der Waals surface area (Å²) < 4.78 is 11.0. The number of benzene rings is 5. The van der Waals surface area contributed by atoms with Gasteiger partial charge in [0.2, 0.25) is 0 Å². The predicted octanol–water partition coefficient (Wildman–Crippen LogP) is 5.14. The number of phenolic OH excluding ortho intramolecular Hbond substituents is 3. The Morgan fingerprint density at radius 1 is 0.577 bits per heavy atom. The lowest BCUT2D eigenvalue weighted by molar-refractivity contribution is -0.147. The molecular formula is C38H31N7O7. The van der Waals surface area contributed by atoms with Gasteiger partial charge in [-0.05, 0) is 71.8 Å². The molecule has 0 saturated heterocycles. The van der Waals surface area contributed by atoms with Crippen LogP contribution >= 0.6 is 0 Å². The number of phenols is 3. The summed E-state index contributed by atoms with van der Waals surface area (Å²) in [5.41, 5.74) is 4.63. The smallest absolute Gasteiger partial charge is 0.347 e. The number of hydrogen-bond donors (Lipinski definition) is 4. The highest BCUT2D eigenvalue weighted by molar-refractivity contribution is 6.14. The Kier molecular flexibility index (Phi) is 9.42. The zero-order valence-corrected chi connectivity index (χ0v) is 27.5. The van der Waals surface area contributed by atoms with Crippen LogP contribution in [-0.2, 0) is 31.9 Å². The van der Waals surface area contributed by atoms with E-state index in [9.17, 15) is 24.9 Å². The van der Waals surface area contributed by atoms with E-state index in [2.05, 4.69) is 25.7 Å². The van der Waals surface area contributed by atoms with Gasteiger partial charge >= 0.3 is 11.9 Å². The van der Waals surface area contributed by atoms with Crippen LogP contribution in [0, 0.1) is 0 Å². The van der Waals surface area contributed by atoms with E-state index in [1.165, 1.54) is 27.8 Å². The third-order valence-electron chi connectivity index (χ3n) is 8.05. The molecule has 0 aliphatic heterocycles. The molecule has 7 aromatic rings. The molecule has 4 N–H and O–H groups in total. The van der Waals surface area contributed by atoms with Gasteiger partial charge in [0.05, 0.1) is 18.9 Å². The van der Waals surface area contributed by atoms with Gasteiger partial charge in [-0.25, -0.2) is 9.59 Å². The summed E-state index contributed by atoms with van der Waals surface area (Å²) in [6.45, 7) is -0.211. The van der Waals surface area contributed by atoms with Gasteiger partial charge in [-0.2, -0.15) is 0 Å². The normalized spacial score (nSPS) is 11.0. The molecule has 0 atom stereocenters. The summed E-state index contributed by atoms with van der Waals surface area (Å²) >= 11 is 0. The van der Waals surface area contributed by atoms with E-state index in [0.29, 0.717) is 44.6 Å². The van der Waals surface area contributed by atoms with Crippen molar-refractivity contribution in [2.24, 2.45) is 0 Å². The number of nitrogens with one attached hydrogen (secondary N) is 1. The van der Waals surface area contributed by atoms with Crippen LogP contribution in [0.5, 0.6) is 17.2 Å². The lowest BCUT2D eigenvalue weighted by Crippen LogP contribution is -2.21. The number of carbonyl (C=O) groups is 2. The minimum Gasteiger partial charge on any atom is -0.506 e.